The predicted molar refractivity (Wildman–Crippen MR) is 106 cm³/mol. The highest BCUT2D eigenvalue weighted by atomic mass is 32.2. The molecular formula is C19H15F3N2O3S2. The van der Waals surface area contributed by atoms with Crippen LogP contribution in [-0.2, 0) is 16.2 Å². The van der Waals surface area contributed by atoms with Crippen LogP contribution in [0.4, 0.5) is 24.5 Å². The average molecular weight is 440 g/mol. The Balaban J connectivity index is 1.80. The third-order valence-electron chi connectivity index (χ3n) is 3.94. The van der Waals surface area contributed by atoms with Gasteiger partial charge in [-0.25, -0.2) is 8.42 Å². The van der Waals surface area contributed by atoms with Crippen molar-refractivity contribution in [3.63, 3.8) is 0 Å². The molecule has 0 aliphatic carbocycles. The van der Waals surface area contributed by atoms with Gasteiger partial charge in [-0.3, -0.25) is 9.52 Å². The van der Waals surface area contributed by atoms with E-state index in [1.54, 1.807) is 11.4 Å². The van der Waals surface area contributed by atoms with E-state index in [9.17, 15) is 26.4 Å². The van der Waals surface area contributed by atoms with Gasteiger partial charge in [0.05, 0.1) is 5.56 Å². The van der Waals surface area contributed by atoms with Gasteiger partial charge in [-0.15, -0.1) is 11.3 Å². The maximum Gasteiger partial charge on any atom is 0.416 e. The minimum atomic E-state index is -4.54. The third-order valence-corrected chi connectivity index (χ3v) is 6.72. The van der Waals surface area contributed by atoms with E-state index in [1.165, 1.54) is 49.4 Å². The first-order valence-corrected chi connectivity index (χ1v) is 10.6. The molecule has 0 saturated carbocycles. The molecule has 10 heteroatoms. The quantitative estimate of drug-likeness (QED) is 0.578. The molecule has 0 saturated heterocycles. The Morgan fingerprint density at radius 1 is 1.00 bits per heavy atom. The number of aryl methyl sites for hydroxylation is 1. The van der Waals surface area contributed by atoms with Gasteiger partial charge in [0.1, 0.15) is 4.21 Å². The van der Waals surface area contributed by atoms with Gasteiger partial charge in [0.2, 0.25) is 0 Å². The van der Waals surface area contributed by atoms with Crippen LogP contribution in [-0.4, -0.2) is 14.3 Å². The Labute approximate surface area is 169 Å². The number of carbonyl (C=O) groups excluding carboxylic acids is 1. The van der Waals surface area contributed by atoms with Crippen LogP contribution in [0.1, 0.15) is 21.5 Å². The molecular weight excluding hydrogens is 425 g/mol. The summed E-state index contributed by atoms with van der Waals surface area (Å²) in [6, 6.07) is 12.2. The predicted octanol–water partition coefficient (Wildman–Crippen LogP) is 5.13. The molecule has 152 valence electrons. The standard InChI is InChI=1S/C19H15F3N2O3S2/c1-12-7-8-14(11-16(12)19(20,21)22)23-18(25)13-4-2-5-15(10-13)24-29(26,27)17-6-3-9-28-17/h2-11,24H,1H3,(H,23,25). The minimum Gasteiger partial charge on any atom is -0.322 e. The summed E-state index contributed by atoms with van der Waals surface area (Å²) in [6.45, 7) is 1.33. The number of nitrogens with one attached hydrogen (secondary N) is 2. The van der Waals surface area contributed by atoms with Crippen molar-refractivity contribution >= 4 is 38.6 Å². The summed E-state index contributed by atoms with van der Waals surface area (Å²) in [7, 11) is -3.79. The lowest BCUT2D eigenvalue weighted by Crippen LogP contribution is -2.15. The van der Waals surface area contributed by atoms with Crippen molar-refractivity contribution in [1.29, 1.82) is 0 Å². The summed E-state index contributed by atoms with van der Waals surface area (Å²) in [5, 5.41) is 4.02. The summed E-state index contributed by atoms with van der Waals surface area (Å²) in [5.41, 5.74) is -0.567. The van der Waals surface area contributed by atoms with Gasteiger partial charge < -0.3 is 5.32 Å². The summed E-state index contributed by atoms with van der Waals surface area (Å²) in [4.78, 5) is 12.4. The molecule has 0 spiro atoms. The second kappa shape index (κ2) is 7.88. The lowest BCUT2D eigenvalue weighted by molar-refractivity contribution is -0.138. The summed E-state index contributed by atoms with van der Waals surface area (Å²) >= 11 is 1.04. The van der Waals surface area contributed by atoms with Gasteiger partial charge in [0.25, 0.3) is 15.9 Å². The third kappa shape index (κ3) is 4.96. The number of halogens is 3. The van der Waals surface area contributed by atoms with Crippen LogP contribution in [0.5, 0.6) is 0 Å². The molecule has 0 fully saturated rings. The number of benzene rings is 2. The molecule has 5 nitrogen and oxygen atoms in total. The minimum absolute atomic E-state index is 0.0162. The van der Waals surface area contributed by atoms with Crippen molar-refractivity contribution in [2.45, 2.75) is 17.3 Å². The zero-order chi connectivity index (χ0) is 21.2. The highest BCUT2D eigenvalue weighted by molar-refractivity contribution is 7.94. The van der Waals surface area contributed by atoms with Crippen LogP contribution in [0.3, 0.4) is 0 Å². The van der Waals surface area contributed by atoms with Gasteiger partial charge >= 0.3 is 6.18 Å². The molecule has 0 atom stereocenters. The summed E-state index contributed by atoms with van der Waals surface area (Å²) in [6.07, 6.45) is -4.54. The number of hydrogen-bond acceptors (Lipinski definition) is 4. The van der Waals surface area contributed by atoms with Crippen LogP contribution in [0, 0.1) is 6.92 Å². The fourth-order valence-electron chi connectivity index (χ4n) is 2.55. The van der Waals surface area contributed by atoms with Crippen LogP contribution in [0.15, 0.2) is 64.2 Å². The van der Waals surface area contributed by atoms with Gasteiger partial charge in [-0.1, -0.05) is 18.2 Å². The number of anilines is 2. The molecule has 0 bridgehead atoms. The van der Waals surface area contributed by atoms with Crippen molar-refractivity contribution in [3.8, 4) is 0 Å². The lowest BCUT2D eigenvalue weighted by atomic mass is 10.1. The molecule has 29 heavy (non-hydrogen) atoms. The molecule has 0 radical (unpaired) electrons. The Morgan fingerprint density at radius 3 is 2.41 bits per heavy atom. The van der Waals surface area contributed by atoms with Gasteiger partial charge in [0, 0.05) is 16.9 Å². The average Bonchev–Trinajstić information content (AvgIpc) is 3.18. The maximum absolute atomic E-state index is 13.0. The zero-order valence-electron chi connectivity index (χ0n) is 14.9. The van der Waals surface area contributed by atoms with Gasteiger partial charge in [-0.05, 0) is 54.3 Å². The van der Waals surface area contributed by atoms with Gasteiger partial charge in [0.15, 0.2) is 0 Å². The normalized spacial score (nSPS) is 11.9. The van der Waals surface area contributed by atoms with E-state index in [2.05, 4.69) is 10.0 Å². The molecule has 0 unspecified atom stereocenters. The zero-order valence-corrected chi connectivity index (χ0v) is 16.6. The molecule has 3 rings (SSSR count). The first-order valence-electron chi connectivity index (χ1n) is 8.22. The number of amides is 1. The molecule has 1 amide bonds. The maximum atomic E-state index is 13.0. The molecule has 0 aliphatic heterocycles. The molecule has 1 aromatic heterocycles. The number of sulfonamides is 1. The van der Waals surface area contributed by atoms with Crippen molar-refractivity contribution in [2.24, 2.45) is 0 Å². The van der Waals surface area contributed by atoms with Crippen molar-refractivity contribution in [1.82, 2.24) is 0 Å². The second-order valence-corrected chi connectivity index (χ2v) is 8.96. The van der Waals surface area contributed by atoms with Crippen LogP contribution >= 0.6 is 11.3 Å². The fourth-order valence-corrected chi connectivity index (χ4v) is 4.60. The van der Waals surface area contributed by atoms with Crippen molar-refractivity contribution < 1.29 is 26.4 Å². The Kier molecular flexibility index (Phi) is 5.67. The van der Waals surface area contributed by atoms with E-state index in [1.807, 2.05) is 0 Å². The first kappa shape index (κ1) is 20.9. The van der Waals surface area contributed by atoms with Gasteiger partial charge in [-0.2, -0.15) is 13.2 Å². The summed E-state index contributed by atoms with van der Waals surface area (Å²) < 4.78 is 66.2. The van der Waals surface area contributed by atoms with E-state index in [4.69, 9.17) is 0 Å². The van der Waals surface area contributed by atoms with E-state index in [-0.39, 0.29) is 26.7 Å². The van der Waals surface area contributed by atoms with Crippen LogP contribution in [0.25, 0.3) is 0 Å². The number of carbonyl (C=O) groups is 1. The molecule has 2 aromatic carbocycles. The monoisotopic (exact) mass is 440 g/mol. The number of hydrogen-bond donors (Lipinski definition) is 2. The van der Waals surface area contributed by atoms with E-state index in [0.29, 0.717) is 0 Å². The smallest absolute Gasteiger partial charge is 0.322 e. The first-order chi connectivity index (χ1) is 13.6. The Morgan fingerprint density at radius 2 is 1.76 bits per heavy atom. The van der Waals surface area contributed by atoms with E-state index >= 15 is 0 Å². The summed E-state index contributed by atoms with van der Waals surface area (Å²) in [5.74, 6) is -0.667. The fraction of sp³-hybridized carbons (Fsp3) is 0.105. The lowest BCUT2D eigenvalue weighted by Gasteiger charge is -2.13. The van der Waals surface area contributed by atoms with Crippen LogP contribution in [0.2, 0.25) is 0 Å². The molecule has 3 aromatic rings. The number of rotatable bonds is 5. The second-order valence-electron chi connectivity index (χ2n) is 6.10. The number of thiophene rings is 1. The highest BCUT2D eigenvalue weighted by Gasteiger charge is 2.32. The molecule has 2 N–H and O–H groups in total. The largest absolute Gasteiger partial charge is 0.416 e. The Bertz CT molecular complexity index is 1140. The molecule has 0 aliphatic rings. The van der Waals surface area contributed by atoms with Crippen molar-refractivity contribution in [3.05, 3.63) is 76.7 Å². The van der Waals surface area contributed by atoms with E-state index < -0.39 is 27.7 Å². The highest BCUT2D eigenvalue weighted by Crippen LogP contribution is 2.33. The molecule has 1 heterocycles. The van der Waals surface area contributed by atoms with Crippen molar-refractivity contribution in [2.75, 3.05) is 10.0 Å². The van der Waals surface area contributed by atoms with Crippen LogP contribution < -0.4 is 10.0 Å². The number of alkyl halides is 3. The van der Waals surface area contributed by atoms with E-state index in [0.717, 1.165) is 17.4 Å². The SMILES string of the molecule is Cc1ccc(NC(=O)c2cccc(NS(=O)(=O)c3cccs3)c2)cc1C(F)(F)F. The Hall–Kier alpha value is -2.85. The topological polar surface area (TPSA) is 75.3 Å².